The Hall–Kier alpha value is -1.79. The maximum atomic E-state index is 12.5. The van der Waals surface area contributed by atoms with Gasteiger partial charge in [0.1, 0.15) is 5.75 Å². The lowest BCUT2D eigenvalue weighted by molar-refractivity contribution is 0.0689. The molecule has 6 heteroatoms. The van der Waals surface area contributed by atoms with Gasteiger partial charge in [-0.05, 0) is 45.3 Å². The lowest BCUT2D eigenvalue weighted by Gasteiger charge is -2.23. The van der Waals surface area contributed by atoms with Crippen LogP contribution in [-0.2, 0) is 4.74 Å². The smallest absolute Gasteiger partial charge is 0.254 e. The fourth-order valence-corrected chi connectivity index (χ4v) is 1.95. The van der Waals surface area contributed by atoms with E-state index >= 15 is 0 Å². The van der Waals surface area contributed by atoms with Crippen LogP contribution >= 0.6 is 0 Å². The van der Waals surface area contributed by atoms with Crippen molar-refractivity contribution in [2.45, 2.75) is 6.42 Å². The zero-order chi connectivity index (χ0) is 15.8. The largest absolute Gasteiger partial charge is 0.506 e. The van der Waals surface area contributed by atoms with Crippen molar-refractivity contribution in [3.05, 3.63) is 23.8 Å². The molecule has 0 fully saturated rings. The number of carbonyl (C=O) groups excluding carboxylic acids is 1. The summed E-state index contributed by atoms with van der Waals surface area (Å²) in [5.41, 5.74) is 6.26. The van der Waals surface area contributed by atoms with E-state index in [0.29, 0.717) is 25.3 Å². The van der Waals surface area contributed by atoms with Gasteiger partial charge in [0.25, 0.3) is 5.91 Å². The minimum atomic E-state index is -0.124. The van der Waals surface area contributed by atoms with Crippen molar-refractivity contribution in [1.82, 2.24) is 9.80 Å². The predicted octanol–water partition coefficient (Wildman–Crippen LogP) is 1.01. The van der Waals surface area contributed by atoms with Crippen molar-refractivity contribution in [2.24, 2.45) is 0 Å². The fraction of sp³-hybridized carbons (Fsp3) is 0.533. The van der Waals surface area contributed by atoms with Crippen LogP contribution in [0.25, 0.3) is 0 Å². The van der Waals surface area contributed by atoms with E-state index in [1.165, 1.54) is 12.1 Å². The maximum Gasteiger partial charge on any atom is 0.254 e. The quantitative estimate of drug-likeness (QED) is 0.553. The van der Waals surface area contributed by atoms with E-state index in [9.17, 15) is 9.90 Å². The molecule has 0 saturated heterocycles. The molecule has 0 aromatic heterocycles. The summed E-state index contributed by atoms with van der Waals surface area (Å²) in [7, 11) is 5.61. The van der Waals surface area contributed by atoms with Crippen LogP contribution in [0.4, 0.5) is 5.69 Å². The van der Waals surface area contributed by atoms with Crippen LogP contribution in [0.5, 0.6) is 5.75 Å². The monoisotopic (exact) mass is 295 g/mol. The average Bonchev–Trinajstić information content (AvgIpc) is 2.44. The van der Waals surface area contributed by atoms with Crippen molar-refractivity contribution in [3.8, 4) is 5.75 Å². The second-order valence-electron chi connectivity index (χ2n) is 5.22. The zero-order valence-electron chi connectivity index (χ0n) is 13.0. The first-order valence-electron chi connectivity index (χ1n) is 6.97. The third-order valence-electron chi connectivity index (χ3n) is 3.16. The second-order valence-corrected chi connectivity index (χ2v) is 5.22. The third-order valence-corrected chi connectivity index (χ3v) is 3.16. The molecule has 0 aliphatic carbocycles. The summed E-state index contributed by atoms with van der Waals surface area (Å²) in [5.74, 6) is -0.193. The van der Waals surface area contributed by atoms with E-state index < -0.39 is 0 Å². The van der Waals surface area contributed by atoms with Gasteiger partial charge < -0.3 is 25.4 Å². The van der Waals surface area contributed by atoms with Crippen LogP contribution in [-0.4, -0.2) is 68.3 Å². The van der Waals surface area contributed by atoms with Crippen molar-refractivity contribution in [2.75, 3.05) is 53.2 Å². The number of carbonyl (C=O) groups is 1. The molecule has 0 spiro atoms. The number of phenols is 1. The Morgan fingerprint density at radius 1 is 1.29 bits per heavy atom. The lowest BCUT2D eigenvalue weighted by Crippen LogP contribution is -2.36. The van der Waals surface area contributed by atoms with E-state index in [2.05, 4.69) is 4.90 Å². The topological polar surface area (TPSA) is 79.0 Å². The van der Waals surface area contributed by atoms with Crippen LogP contribution in [0.15, 0.2) is 18.2 Å². The molecule has 0 heterocycles. The van der Waals surface area contributed by atoms with E-state index in [-0.39, 0.29) is 17.3 Å². The molecule has 0 radical (unpaired) electrons. The summed E-state index contributed by atoms with van der Waals surface area (Å²) in [6.07, 6.45) is 0.878. The molecule has 1 amide bonds. The molecule has 0 atom stereocenters. The number of ether oxygens (including phenoxy) is 1. The Morgan fingerprint density at radius 3 is 2.57 bits per heavy atom. The highest BCUT2D eigenvalue weighted by atomic mass is 16.5. The summed E-state index contributed by atoms with van der Waals surface area (Å²) in [4.78, 5) is 16.3. The number of methoxy groups -OCH3 is 1. The van der Waals surface area contributed by atoms with Gasteiger partial charge in [0.2, 0.25) is 0 Å². The minimum Gasteiger partial charge on any atom is -0.506 e. The molecule has 6 nitrogen and oxygen atoms in total. The third kappa shape index (κ3) is 5.61. The minimum absolute atomic E-state index is 0.0687. The molecule has 118 valence electrons. The molecule has 1 rings (SSSR count). The van der Waals surface area contributed by atoms with Crippen molar-refractivity contribution < 1.29 is 14.6 Å². The van der Waals surface area contributed by atoms with Gasteiger partial charge in [0, 0.05) is 25.8 Å². The maximum absolute atomic E-state index is 12.5. The van der Waals surface area contributed by atoms with E-state index in [0.717, 1.165) is 13.0 Å². The van der Waals surface area contributed by atoms with Gasteiger partial charge >= 0.3 is 0 Å². The first kappa shape index (κ1) is 17.3. The number of hydrogen-bond donors (Lipinski definition) is 2. The van der Waals surface area contributed by atoms with Crippen molar-refractivity contribution in [1.29, 1.82) is 0 Å². The van der Waals surface area contributed by atoms with E-state index in [1.54, 1.807) is 18.1 Å². The van der Waals surface area contributed by atoms with Gasteiger partial charge in [-0.1, -0.05) is 0 Å². The fourth-order valence-electron chi connectivity index (χ4n) is 1.95. The van der Waals surface area contributed by atoms with Gasteiger partial charge in [0.05, 0.1) is 12.3 Å². The van der Waals surface area contributed by atoms with Crippen LogP contribution in [0.3, 0.4) is 0 Å². The van der Waals surface area contributed by atoms with Crippen LogP contribution < -0.4 is 5.73 Å². The zero-order valence-corrected chi connectivity index (χ0v) is 13.0. The highest BCUT2D eigenvalue weighted by Crippen LogP contribution is 2.21. The van der Waals surface area contributed by atoms with Gasteiger partial charge in [-0.2, -0.15) is 0 Å². The van der Waals surface area contributed by atoms with Gasteiger partial charge in [-0.15, -0.1) is 0 Å². The molecule has 0 unspecified atom stereocenters. The van der Waals surface area contributed by atoms with Crippen LogP contribution in [0, 0.1) is 0 Å². The molecule has 1 aromatic rings. The summed E-state index contributed by atoms with van der Waals surface area (Å²) in [5, 5.41) is 9.63. The van der Waals surface area contributed by atoms with Gasteiger partial charge in [-0.25, -0.2) is 0 Å². The van der Waals surface area contributed by atoms with Crippen LogP contribution in [0.2, 0.25) is 0 Å². The number of nitrogens with two attached hydrogens (primary N) is 1. The first-order chi connectivity index (χ1) is 9.95. The predicted molar refractivity (Wildman–Crippen MR) is 83.5 cm³/mol. The molecule has 0 aliphatic rings. The number of benzene rings is 1. The standard InChI is InChI=1S/C15H25N3O3/c1-17(2)7-4-8-18(9-10-21-3)15(20)12-5-6-13(16)14(19)11-12/h5-6,11,19H,4,7-10,16H2,1-3H3. The molecular formula is C15H25N3O3. The molecule has 0 saturated carbocycles. The number of amides is 1. The number of anilines is 1. The summed E-state index contributed by atoms with van der Waals surface area (Å²) in [6, 6.07) is 4.57. The van der Waals surface area contributed by atoms with Crippen molar-refractivity contribution >= 4 is 11.6 Å². The molecule has 1 aromatic carbocycles. The van der Waals surface area contributed by atoms with Crippen LogP contribution in [0.1, 0.15) is 16.8 Å². The summed E-state index contributed by atoms with van der Waals surface area (Å²) >= 11 is 0. The average molecular weight is 295 g/mol. The molecule has 0 aliphatic heterocycles. The van der Waals surface area contributed by atoms with E-state index in [1.807, 2.05) is 14.1 Å². The Kier molecular flexibility index (Phi) is 6.98. The lowest BCUT2D eigenvalue weighted by atomic mass is 10.1. The molecular weight excluding hydrogens is 270 g/mol. The number of aromatic hydroxyl groups is 1. The highest BCUT2D eigenvalue weighted by Gasteiger charge is 2.16. The number of hydrogen-bond acceptors (Lipinski definition) is 5. The van der Waals surface area contributed by atoms with Crippen molar-refractivity contribution in [3.63, 3.8) is 0 Å². The van der Waals surface area contributed by atoms with Gasteiger partial charge in [0.15, 0.2) is 0 Å². The Bertz CT molecular complexity index is 463. The summed E-state index contributed by atoms with van der Waals surface area (Å²) in [6.45, 7) is 2.55. The Labute approximate surface area is 126 Å². The SMILES string of the molecule is COCCN(CCCN(C)C)C(=O)c1ccc(N)c(O)c1. The normalized spacial score (nSPS) is 10.9. The Balaban J connectivity index is 2.75. The number of phenolic OH excluding ortho intramolecular Hbond substituents is 1. The molecule has 21 heavy (non-hydrogen) atoms. The molecule has 3 N–H and O–H groups in total. The summed E-state index contributed by atoms with van der Waals surface area (Å²) < 4.78 is 5.05. The first-order valence-corrected chi connectivity index (χ1v) is 6.97. The molecule has 0 bridgehead atoms. The van der Waals surface area contributed by atoms with Gasteiger partial charge in [-0.3, -0.25) is 4.79 Å². The Morgan fingerprint density at radius 2 is 2.00 bits per heavy atom. The number of nitrogens with zero attached hydrogens (tertiary/aromatic N) is 2. The number of nitrogen functional groups attached to an aromatic ring is 1. The van der Waals surface area contributed by atoms with E-state index in [4.69, 9.17) is 10.5 Å². The second kappa shape index (κ2) is 8.49. The number of rotatable bonds is 8. The highest BCUT2D eigenvalue weighted by molar-refractivity contribution is 5.95.